The Morgan fingerprint density at radius 3 is 2.58 bits per heavy atom. The number of hydrogen-bond acceptors (Lipinski definition) is 2. The molecule has 3 rings (SSSR count). The predicted molar refractivity (Wildman–Crippen MR) is 77.2 cm³/mol. The van der Waals surface area contributed by atoms with Crippen LogP contribution in [-0.2, 0) is 4.79 Å². The Morgan fingerprint density at radius 2 is 1.95 bits per heavy atom. The van der Waals surface area contributed by atoms with E-state index in [4.69, 9.17) is 0 Å². The molecule has 2 aliphatic rings. The van der Waals surface area contributed by atoms with Gasteiger partial charge in [0.1, 0.15) is 0 Å². The molecule has 1 aromatic rings. The quantitative estimate of drug-likeness (QED) is 0.856. The fraction of sp³-hybridized carbons (Fsp3) is 0.562. The molecule has 1 aliphatic carbocycles. The fourth-order valence-electron chi connectivity index (χ4n) is 3.16. The summed E-state index contributed by atoms with van der Waals surface area (Å²) in [5, 5.41) is 6.47. The molecule has 3 heteroatoms. The number of nitrogens with one attached hydrogen (secondary N) is 2. The Bertz CT molecular complexity index is 485. The highest BCUT2D eigenvalue weighted by atomic mass is 16.2. The van der Waals surface area contributed by atoms with E-state index in [1.807, 2.05) is 32.0 Å². The van der Waals surface area contributed by atoms with Gasteiger partial charge in [0.15, 0.2) is 0 Å². The Balaban J connectivity index is 1.71. The van der Waals surface area contributed by atoms with Gasteiger partial charge in [0, 0.05) is 5.69 Å². The SMILES string of the molecule is Cc1cccc(C)c1NC(=O)C1CC2(CCN1)CC2. The van der Waals surface area contributed by atoms with Gasteiger partial charge >= 0.3 is 0 Å². The van der Waals surface area contributed by atoms with E-state index < -0.39 is 0 Å². The number of hydrogen-bond donors (Lipinski definition) is 2. The van der Waals surface area contributed by atoms with Gasteiger partial charge in [0.25, 0.3) is 0 Å². The normalized spacial score (nSPS) is 24.2. The summed E-state index contributed by atoms with van der Waals surface area (Å²) < 4.78 is 0. The van der Waals surface area contributed by atoms with Gasteiger partial charge in [-0.3, -0.25) is 4.79 Å². The van der Waals surface area contributed by atoms with E-state index in [9.17, 15) is 4.79 Å². The lowest BCUT2D eigenvalue weighted by atomic mass is 9.89. The first kappa shape index (κ1) is 12.7. The molecule has 0 aromatic heterocycles. The van der Waals surface area contributed by atoms with Crippen LogP contribution in [0.15, 0.2) is 18.2 Å². The molecule has 19 heavy (non-hydrogen) atoms. The molecule has 102 valence electrons. The van der Waals surface area contributed by atoms with Crippen molar-refractivity contribution < 1.29 is 4.79 Å². The van der Waals surface area contributed by atoms with Gasteiger partial charge in [-0.15, -0.1) is 0 Å². The fourth-order valence-corrected chi connectivity index (χ4v) is 3.16. The van der Waals surface area contributed by atoms with Crippen LogP contribution in [0.1, 0.15) is 36.8 Å². The molecule has 1 spiro atoms. The molecule has 2 fully saturated rings. The monoisotopic (exact) mass is 258 g/mol. The van der Waals surface area contributed by atoms with Crippen molar-refractivity contribution in [3.8, 4) is 0 Å². The van der Waals surface area contributed by atoms with Crippen LogP contribution < -0.4 is 10.6 Å². The number of para-hydroxylation sites is 1. The van der Waals surface area contributed by atoms with Crippen LogP contribution in [0.25, 0.3) is 0 Å². The number of carbonyl (C=O) groups excluding carboxylic acids is 1. The molecule has 0 bridgehead atoms. The van der Waals surface area contributed by atoms with E-state index >= 15 is 0 Å². The highest BCUT2D eigenvalue weighted by Crippen LogP contribution is 2.53. The van der Waals surface area contributed by atoms with Crippen LogP contribution >= 0.6 is 0 Å². The van der Waals surface area contributed by atoms with Crippen LogP contribution in [0.5, 0.6) is 0 Å². The second-order valence-corrected chi connectivity index (χ2v) is 6.22. The summed E-state index contributed by atoms with van der Waals surface area (Å²) in [6.07, 6.45) is 4.85. The second-order valence-electron chi connectivity index (χ2n) is 6.22. The molecular formula is C16H22N2O. The maximum atomic E-state index is 12.4. The Kier molecular flexibility index (Phi) is 3.09. The van der Waals surface area contributed by atoms with Crippen LogP contribution in [-0.4, -0.2) is 18.5 Å². The summed E-state index contributed by atoms with van der Waals surface area (Å²) in [6, 6.07) is 6.09. The van der Waals surface area contributed by atoms with E-state index in [0.717, 1.165) is 29.8 Å². The number of anilines is 1. The molecule has 1 unspecified atom stereocenters. The minimum atomic E-state index is -0.0183. The molecule has 1 aromatic carbocycles. The first-order valence-corrected chi connectivity index (χ1v) is 7.20. The second kappa shape index (κ2) is 4.64. The van der Waals surface area contributed by atoms with Gasteiger partial charge in [0.05, 0.1) is 6.04 Å². The zero-order valence-electron chi connectivity index (χ0n) is 11.8. The maximum Gasteiger partial charge on any atom is 0.241 e. The molecule has 1 amide bonds. The molecule has 1 saturated carbocycles. The van der Waals surface area contributed by atoms with Crippen molar-refractivity contribution in [2.75, 3.05) is 11.9 Å². The number of piperidine rings is 1. The molecule has 1 atom stereocenters. The lowest BCUT2D eigenvalue weighted by Crippen LogP contribution is -2.46. The summed E-state index contributed by atoms with van der Waals surface area (Å²) in [7, 11) is 0. The van der Waals surface area contributed by atoms with Crippen molar-refractivity contribution >= 4 is 11.6 Å². The lowest BCUT2D eigenvalue weighted by molar-refractivity contribution is -0.119. The van der Waals surface area contributed by atoms with Crippen molar-refractivity contribution in [1.82, 2.24) is 5.32 Å². The molecule has 1 saturated heterocycles. The Morgan fingerprint density at radius 1 is 1.26 bits per heavy atom. The first-order chi connectivity index (χ1) is 9.10. The van der Waals surface area contributed by atoms with E-state index in [1.165, 1.54) is 19.3 Å². The minimum Gasteiger partial charge on any atom is -0.324 e. The predicted octanol–water partition coefficient (Wildman–Crippen LogP) is 2.77. The van der Waals surface area contributed by atoms with Gasteiger partial charge in [-0.05, 0) is 62.6 Å². The van der Waals surface area contributed by atoms with Crippen molar-refractivity contribution in [1.29, 1.82) is 0 Å². The summed E-state index contributed by atoms with van der Waals surface area (Å²) in [6.45, 7) is 5.06. The van der Waals surface area contributed by atoms with Gasteiger partial charge < -0.3 is 10.6 Å². The van der Waals surface area contributed by atoms with Crippen molar-refractivity contribution in [2.24, 2.45) is 5.41 Å². The van der Waals surface area contributed by atoms with Crippen LogP contribution in [0.2, 0.25) is 0 Å². The van der Waals surface area contributed by atoms with Crippen molar-refractivity contribution in [3.05, 3.63) is 29.3 Å². The molecule has 1 aliphatic heterocycles. The number of benzene rings is 1. The summed E-state index contributed by atoms with van der Waals surface area (Å²) in [5.41, 5.74) is 3.73. The van der Waals surface area contributed by atoms with E-state index in [0.29, 0.717) is 5.41 Å². The maximum absolute atomic E-state index is 12.4. The molecular weight excluding hydrogens is 236 g/mol. The van der Waals surface area contributed by atoms with Crippen molar-refractivity contribution in [2.45, 2.75) is 45.6 Å². The van der Waals surface area contributed by atoms with Gasteiger partial charge in [-0.1, -0.05) is 18.2 Å². The largest absolute Gasteiger partial charge is 0.324 e. The van der Waals surface area contributed by atoms with Gasteiger partial charge in [0.2, 0.25) is 5.91 Å². The average Bonchev–Trinajstić information content (AvgIpc) is 3.13. The zero-order chi connectivity index (χ0) is 13.5. The van der Waals surface area contributed by atoms with E-state index in [2.05, 4.69) is 10.6 Å². The first-order valence-electron chi connectivity index (χ1n) is 7.20. The molecule has 2 N–H and O–H groups in total. The van der Waals surface area contributed by atoms with Gasteiger partial charge in [-0.25, -0.2) is 0 Å². The number of amides is 1. The summed E-state index contributed by atoms with van der Waals surface area (Å²) in [5.74, 6) is 0.128. The topological polar surface area (TPSA) is 41.1 Å². The van der Waals surface area contributed by atoms with Crippen molar-refractivity contribution in [3.63, 3.8) is 0 Å². The zero-order valence-corrected chi connectivity index (χ0v) is 11.8. The van der Waals surface area contributed by atoms with Gasteiger partial charge in [-0.2, -0.15) is 0 Å². The van der Waals surface area contributed by atoms with Crippen LogP contribution in [0.3, 0.4) is 0 Å². The highest BCUT2D eigenvalue weighted by Gasteiger charge is 2.47. The molecule has 1 heterocycles. The number of rotatable bonds is 2. The minimum absolute atomic E-state index is 0.0183. The smallest absolute Gasteiger partial charge is 0.241 e. The third-order valence-electron chi connectivity index (χ3n) is 4.69. The highest BCUT2D eigenvalue weighted by molar-refractivity contribution is 5.96. The molecule has 3 nitrogen and oxygen atoms in total. The number of aryl methyl sites for hydroxylation is 2. The third kappa shape index (κ3) is 2.52. The molecule has 0 radical (unpaired) electrons. The lowest BCUT2D eigenvalue weighted by Gasteiger charge is -2.29. The Hall–Kier alpha value is -1.35. The van der Waals surface area contributed by atoms with E-state index in [-0.39, 0.29) is 11.9 Å². The standard InChI is InChI=1S/C16H22N2O/c1-11-4-3-5-12(2)14(11)18-15(19)13-10-16(6-7-16)8-9-17-13/h3-5,13,17H,6-10H2,1-2H3,(H,18,19). The third-order valence-corrected chi connectivity index (χ3v) is 4.69. The summed E-state index contributed by atoms with van der Waals surface area (Å²) in [4.78, 5) is 12.4. The van der Waals surface area contributed by atoms with Crippen LogP contribution in [0, 0.1) is 19.3 Å². The summed E-state index contributed by atoms with van der Waals surface area (Å²) >= 11 is 0. The Labute approximate surface area is 114 Å². The number of carbonyl (C=O) groups is 1. The van der Waals surface area contributed by atoms with E-state index in [1.54, 1.807) is 0 Å². The van der Waals surface area contributed by atoms with Crippen LogP contribution in [0.4, 0.5) is 5.69 Å². The average molecular weight is 258 g/mol.